The number of hydrogen-bond donors (Lipinski definition) is 3. The van der Waals surface area contributed by atoms with Gasteiger partial charge < -0.3 is 30.1 Å². The Morgan fingerprint density at radius 2 is 1.91 bits per heavy atom. The molecule has 2 saturated carbocycles. The normalized spacial score (nSPS) is 26.5. The Morgan fingerprint density at radius 3 is 2.54 bits per heavy atom. The average molecular weight is 640 g/mol. The maximum atomic E-state index is 14.4. The van der Waals surface area contributed by atoms with Gasteiger partial charge in [0.1, 0.15) is 23.7 Å². The van der Waals surface area contributed by atoms with Crippen LogP contribution in [-0.2, 0) is 36.9 Å². The summed E-state index contributed by atoms with van der Waals surface area (Å²) in [6.45, 7) is 10.1. The van der Waals surface area contributed by atoms with Gasteiger partial charge in [0.25, 0.3) is 0 Å². The van der Waals surface area contributed by atoms with Crippen LogP contribution in [0.25, 0.3) is 0 Å². The molecule has 1 aromatic rings. The summed E-state index contributed by atoms with van der Waals surface area (Å²) >= 11 is 0. The number of nitrogens with one attached hydrogen (secondary N) is 2. The van der Waals surface area contributed by atoms with Crippen LogP contribution in [0, 0.1) is 17.3 Å². The Hall–Kier alpha value is -4.16. The number of pyridine rings is 1. The number of hydrogen-bond acceptors (Lipinski definition) is 8. The first kappa shape index (κ1) is 33.2. The number of likely N-dealkylation sites (tertiary alicyclic amines) is 1. The van der Waals surface area contributed by atoms with Crippen LogP contribution < -0.4 is 10.6 Å². The van der Waals surface area contributed by atoms with E-state index in [9.17, 15) is 29.1 Å². The molecule has 4 aliphatic rings. The van der Waals surface area contributed by atoms with E-state index in [4.69, 9.17) is 9.47 Å². The van der Waals surface area contributed by atoms with Gasteiger partial charge in [-0.15, -0.1) is 6.58 Å². The Balaban J connectivity index is 1.35. The molecule has 3 N–H and O–H groups in total. The van der Waals surface area contributed by atoms with Crippen molar-refractivity contribution in [2.24, 2.45) is 17.3 Å². The lowest BCUT2D eigenvalue weighted by Crippen LogP contribution is -2.58. The van der Waals surface area contributed by atoms with Gasteiger partial charge in [0.2, 0.25) is 11.8 Å². The SMILES string of the molecule is C=C[C@@H]1C[C@]1(NC(=O)[C@@H]1CC(OC(=O)N2Cc3cccnc3C2)CN1C(=O)[C@@H](NC(=O)OCC(C)(C)C)C1CCCCC1)C(=O)O. The van der Waals surface area contributed by atoms with Crippen molar-refractivity contribution in [3.63, 3.8) is 0 Å². The minimum Gasteiger partial charge on any atom is -0.479 e. The third-order valence-corrected chi connectivity index (χ3v) is 9.38. The third-order valence-electron chi connectivity index (χ3n) is 9.38. The summed E-state index contributed by atoms with van der Waals surface area (Å²) in [6.07, 6.45) is 5.41. The minimum absolute atomic E-state index is 0.0251. The van der Waals surface area contributed by atoms with E-state index in [1.165, 1.54) is 15.9 Å². The van der Waals surface area contributed by atoms with E-state index in [1.807, 2.05) is 26.8 Å². The summed E-state index contributed by atoms with van der Waals surface area (Å²) in [5.74, 6) is -2.96. The van der Waals surface area contributed by atoms with Crippen LogP contribution in [0.4, 0.5) is 9.59 Å². The van der Waals surface area contributed by atoms with E-state index in [-0.39, 0.29) is 43.9 Å². The van der Waals surface area contributed by atoms with Gasteiger partial charge in [-0.2, -0.15) is 0 Å². The van der Waals surface area contributed by atoms with Gasteiger partial charge in [0.05, 0.1) is 31.9 Å². The van der Waals surface area contributed by atoms with Crippen molar-refractivity contribution in [3.05, 3.63) is 42.2 Å². The molecule has 0 radical (unpaired) electrons. The highest BCUT2D eigenvalue weighted by molar-refractivity contribution is 5.96. The van der Waals surface area contributed by atoms with Crippen LogP contribution >= 0.6 is 0 Å². The fraction of sp³-hybridized carbons (Fsp3) is 0.636. The second-order valence-electron chi connectivity index (χ2n) is 14.2. The Labute approximate surface area is 269 Å². The fourth-order valence-corrected chi connectivity index (χ4v) is 6.72. The zero-order valence-electron chi connectivity index (χ0n) is 26.8. The lowest BCUT2D eigenvalue weighted by atomic mass is 9.83. The van der Waals surface area contributed by atoms with Gasteiger partial charge >= 0.3 is 18.2 Å². The van der Waals surface area contributed by atoms with Crippen molar-refractivity contribution in [1.29, 1.82) is 0 Å². The second kappa shape index (κ2) is 13.3. The molecule has 46 heavy (non-hydrogen) atoms. The Kier molecular flexibility index (Phi) is 9.59. The predicted molar refractivity (Wildman–Crippen MR) is 165 cm³/mol. The number of fused-ring (bicyclic) bond motifs is 1. The molecular formula is C33H45N5O8. The monoisotopic (exact) mass is 639 g/mol. The lowest BCUT2D eigenvalue weighted by Gasteiger charge is -2.34. The molecule has 5 rings (SSSR count). The van der Waals surface area contributed by atoms with Crippen molar-refractivity contribution >= 4 is 30.0 Å². The molecule has 1 unspecified atom stereocenters. The zero-order chi connectivity index (χ0) is 33.2. The van der Waals surface area contributed by atoms with Crippen molar-refractivity contribution in [2.75, 3.05) is 13.2 Å². The van der Waals surface area contributed by atoms with Gasteiger partial charge in [0.15, 0.2) is 0 Å². The van der Waals surface area contributed by atoms with Crippen LogP contribution in [0.2, 0.25) is 0 Å². The number of ether oxygens (including phenoxy) is 2. The molecule has 250 valence electrons. The highest BCUT2D eigenvalue weighted by Crippen LogP contribution is 2.45. The molecule has 0 bridgehead atoms. The predicted octanol–water partition coefficient (Wildman–Crippen LogP) is 3.37. The molecule has 13 nitrogen and oxygen atoms in total. The maximum Gasteiger partial charge on any atom is 0.410 e. The fourth-order valence-electron chi connectivity index (χ4n) is 6.72. The highest BCUT2D eigenvalue weighted by Gasteiger charge is 2.61. The van der Waals surface area contributed by atoms with Crippen LogP contribution in [0.1, 0.15) is 77.0 Å². The largest absolute Gasteiger partial charge is 0.479 e. The molecule has 1 saturated heterocycles. The minimum atomic E-state index is -1.51. The number of carbonyl (C=O) groups is 5. The molecule has 2 aliphatic heterocycles. The number of nitrogens with zero attached hydrogens (tertiary/aromatic N) is 3. The van der Waals surface area contributed by atoms with Crippen molar-refractivity contribution < 1.29 is 38.6 Å². The molecule has 3 fully saturated rings. The van der Waals surface area contributed by atoms with Crippen molar-refractivity contribution in [2.45, 2.75) is 103 Å². The second-order valence-corrected chi connectivity index (χ2v) is 14.2. The van der Waals surface area contributed by atoms with Gasteiger partial charge in [-0.1, -0.05) is 52.2 Å². The first-order valence-electron chi connectivity index (χ1n) is 16.1. The van der Waals surface area contributed by atoms with E-state index in [2.05, 4.69) is 22.2 Å². The molecule has 0 spiro atoms. The molecule has 5 atom stereocenters. The van der Waals surface area contributed by atoms with Gasteiger partial charge in [-0.05, 0) is 42.2 Å². The summed E-state index contributed by atoms with van der Waals surface area (Å²) in [5, 5.41) is 15.4. The van der Waals surface area contributed by atoms with E-state index in [1.54, 1.807) is 12.3 Å². The van der Waals surface area contributed by atoms with Crippen LogP contribution in [0.5, 0.6) is 0 Å². The van der Waals surface area contributed by atoms with E-state index in [0.29, 0.717) is 19.4 Å². The molecule has 2 aliphatic carbocycles. The van der Waals surface area contributed by atoms with E-state index >= 15 is 0 Å². The standard InChI is InChI=1S/C33H45N5O8/c1-5-22-15-33(22,29(41)42)36-27(39)25-14-23(46-31(44)37-16-21-12-9-13-34-24(21)18-37)17-38(25)28(40)26(20-10-7-6-8-11-20)35-30(43)45-19-32(2,3)4/h5,9,12-13,20,22-23,25-26H,1,6-8,10-11,14-19H2,2-4H3,(H,35,43)(H,36,39)(H,41,42)/t22-,23?,25+,26+,33-/m1/s1. The van der Waals surface area contributed by atoms with E-state index in [0.717, 1.165) is 30.5 Å². The number of aromatic nitrogens is 1. The summed E-state index contributed by atoms with van der Waals surface area (Å²) in [4.78, 5) is 73.6. The van der Waals surface area contributed by atoms with Gasteiger partial charge in [-0.3, -0.25) is 19.5 Å². The molecule has 13 heteroatoms. The topological polar surface area (TPSA) is 167 Å². The molecule has 0 aromatic carbocycles. The molecular weight excluding hydrogens is 594 g/mol. The number of carbonyl (C=O) groups excluding carboxylic acids is 4. The zero-order valence-corrected chi connectivity index (χ0v) is 26.8. The number of carboxylic acid groups (broad SMARTS) is 1. The highest BCUT2D eigenvalue weighted by atomic mass is 16.6. The molecule has 3 heterocycles. The summed E-state index contributed by atoms with van der Waals surface area (Å²) < 4.78 is 11.3. The molecule has 1 aromatic heterocycles. The number of carboxylic acids is 1. The number of amides is 4. The first-order valence-corrected chi connectivity index (χ1v) is 16.1. The van der Waals surface area contributed by atoms with Crippen LogP contribution in [0.15, 0.2) is 31.0 Å². The summed E-state index contributed by atoms with van der Waals surface area (Å²) in [6, 6.07) is 1.60. The van der Waals surface area contributed by atoms with E-state index < -0.39 is 59.6 Å². The van der Waals surface area contributed by atoms with Gasteiger partial charge in [-0.25, -0.2) is 14.4 Å². The van der Waals surface area contributed by atoms with Gasteiger partial charge in [0, 0.05) is 18.5 Å². The average Bonchev–Trinajstić information content (AvgIpc) is 3.33. The number of rotatable bonds is 9. The summed E-state index contributed by atoms with van der Waals surface area (Å²) in [7, 11) is 0. The van der Waals surface area contributed by atoms with Crippen LogP contribution in [0.3, 0.4) is 0 Å². The third kappa shape index (κ3) is 7.28. The first-order chi connectivity index (χ1) is 21.8. The van der Waals surface area contributed by atoms with Crippen LogP contribution in [-0.4, -0.2) is 86.7 Å². The van der Waals surface area contributed by atoms with Crippen molar-refractivity contribution in [1.82, 2.24) is 25.4 Å². The molecule has 4 amide bonds. The Bertz CT molecular complexity index is 1350. The quantitative estimate of drug-likeness (QED) is 0.343. The smallest absolute Gasteiger partial charge is 0.410 e. The summed E-state index contributed by atoms with van der Waals surface area (Å²) in [5.41, 5.74) is -0.0932. The lowest BCUT2D eigenvalue weighted by molar-refractivity contribution is -0.146. The van der Waals surface area contributed by atoms with Crippen molar-refractivity contribution in [3.8, 4) is 0 Å². The Morgan fingerprint density at radius 1 is 1.17 bits per heavy atom. The number of alkyl carbamates (subject to hydrolysis) is 1. The maximum absolute atomic E-state index is 14.4. The number of aliphatic carboxylic acids is 1.